The molecule has 0 aliphatic heterocycles. The Morgan fingerprint density at radius 2 is 2.46 bits per heavy atom. The molecule has 1 rings (SSSR count). The van der Waals surface area contributed by atoms with Crippen molar-refractivity contribution < 1.29 is 4.42 Å². The van der Waals surface area contributed by atoms with E-state index in [9.17, 15) is 0 Å². The number of furan rings is 1. The number of halogens is 1. The van der Waals surface area contributed by atoms with Gasteiger partial charge in [0.2, 0.25) is 0 Å². The van der Waals surface area contributed by atoms with Crippen molar-refractivity contribution in [2.75, 3.05) is 6.54 Å². The minimum absolute atomic E-state index is 0.119. The molecule has 0 radical (unpaired) electrons. The summed E-state index contributed by atoms with van der Waals surface area (Å²) >= 11 is 3.23. The molecule has 0 saturated carbocycles. The van der Waals surface area contributed by atoms with Crippen molar-refractivity contribution in [2.45, 2.75) is 19.4 Å². The van der Waals surface area contributed by atoms with E-state index >= 15 is 0 Å². The topological polar surface area (TPSA) is 25.2 Å². The Balaban J connectivity index is 2.63. The van der Waals surface area contributed by atoms with Crippen LogP contribution in [0.5, 0.6) is 0 Å². The van der Waals surface area contributed by atoms with Gasteiger partial charge in [-0.2, -0.15) is 0 Å². The van der Waals surface area contributed by atoms with E-state index in [4.69, 9.17) is 10.8 Å². The van der Waals surface area contributed by atoms with Gasteiger partial charge in [-0.1, -0.05) is 12.8 Å². The summed E-state index contributed by atoms with van der Waals surface area (Å²) in [6.07, 6.45) is 6.42. The highest BCUT2D eigenvalue weighted by Gasteiger charge is 2.10. The van der Waals surface area contributed by atoms with Gasteiger partial charge in [-0.05, 0) is 41.0 Å². The number of hydrogen-bond donors (Lipinski definition) is 1. The van der Waals surface area contributed by atoms with Crippen LogP contribution in [-0.2, 0) is 0 Å². The lowest BCUT2D eigenvalue weighted by Gasteiger charge is -2.08. The fourth-order valence-corrected chi connectivity index (χ4v) is 1.33. The van der Waals surface area contributed by atoms with Crippen LogP contribution in [-0.4, -0.2) is 6.54 Å². The van der Waals surface area contributed by atoms with Crippen LogP contribution in [0.1, 0.15) is 25.1 Å². The molecule has 0 aliphatic rings. The van der Waals surface area contributed by atoms with Crippen LogP contribution in [0.2, 0.25) is 0 Å². The summed E-state index contributed by atoms with van der Waals surface area (Å²) in [4.78, 5) is 0. The molecule has 1 aromatic rings. The summed E-state index contributed by atoms with van der Waals surface area (Å²) in [7, 11) is 0. The molecule has 0 amide bonds. The number of rotatable bonds is 4. The average Bonchev–Trinajstić information content (AvgIpc) is 2.54. The molecule has 0 bridgehead atoms. The van der Waals surface area contributed by atoms with E-state index in [1.165, 1.54) is 0 Å². The maximum atomic E-state index is 5.37. The summed E-state index contributed by atoms with van der Waals surface area (Å²) in [5, 5.41) is 3.20. The lowest BCUT2D eigenvalue weighted by Crippen LogP contribution is -2.20. The smallest absolute Gasteiger partial charge is 0.169 e. The molecule has 0 fully saturated rings. The van der Waals surface area contributed by atoms with Crippen LogP contribution in [0.4, 0.5) is 0 Å². The average molecular weight is 242 g/mol. The molecule has 0 aliphatic carbocycles. The summed E-state index contributed by atoms with van der Waals surface area (Å²) in [5.41, 5.74) is 0. The minimum Gasteiger partial charge on any atom is -0.452 e. The van der Waals surface area contributed by atoms with Crippen LogP contribution in [0, 0.1) is 12.3 Å². The van der Waals surface area contributed by atoms with E-state index in [1.807, 2.05) is 12.1 Å². The van der Waals surface area contributed by atoms with E-state index in [2.05, 4.69) is 34.1 Å². The van der Waals surface area contributed by atoms with Crippen LogP contribution in [0.15, 0.2) is 21.2 Å². The van der Waals surface area contributed by atoms with Crippen molar-refractivity contribution in [3.8, 4) is 12.3 Å². The Morgan fingerprint density at radius 3 is 2.92 bits per heavy atom. The molecule has 13 heavy (non-hydrogen) atoms. The van der Waals surface area contributed by atoms with Crippen molar-refractivity contribution in [1.29, 1.82) is 0 Å². The monoisotopic (exact) mass is 241 g/mol. The Hall–Kier alpha value is -0.720. The van der Waals surface area contributed by atoms with Gasteiger partial charge in [0, 0.05) is 0 Å². The third-order valence-corrected chi connectivity index (χ3v) is 2.07. The summed E-state index contributed by atoms with van der Waals surface area (Å²) < 4.78 is 6.05. The van der Waals surface area contributed by atoms with Gasteiger partial charge >= 0.3 is 0 Å². The largest absolute Gasteiger partial charge is 0.452 e. The summed E-state index contributed by atoms with van der Waals surface area (Å²) in [6, 6.07) is 3.59. The minimum atomic E-state index is -0.119. The van der Waals surface area contributed by atoms with Crippen LogP contribution in [0.3, 0.4) is 0 Å². The summed E-state index contributed by atoms with van der Waals surface area (Å²) in [6.45, 7) is 2.99. The molecule has 3 heteroatoms. The second kappa shape index (κ2) is 5.11. The van der Waals surface area contributed by atoms with Crippen molar-refractivity contribution in [3.05, 3.63) is 22.6 Å². The summed E-state index contributed by atoms with van der Waals surface area (Å²) in [5.74, 6) is 3.42. The van der Waals surface area contributed by atoms with E-state index in [0.29, 0.717) is 4.67 Å². The Morgan fingerprint density at radius 1 is 1.69 bits per heavy atom. The number of hydrogen-bond acceptors (Lipinski definition) is 2. The fourth-order valence-electron chi connectivity index (χ4n) is 1.01. The SMILES string of the molecule is C#CC(NCCC)c1ccc(Br)o1. The van der Waals surface area contributed by atoms with Gasteiger partial charge in [-0.3, -0.25) is 5.32 Å². The highest BCUT2D eigenvalue weighted by Crippen LogP contribution is 2.19. The van der Waals surface area contributed by atoms with E-state index < -0.39 is 0 Å². The Kier molecular flexibility index (Phi) is 4.07. The predicted molar refractivity (Wildman–Crippen MR) is 56.3 cm³/mol. The molecule has 2 nitrogen and oxygen atoms in total. The zero-order chi connectivity index (χ0) is 9.68. The lowest BCUT2D eigenvalue weighted by atomic mass is 10.2. The van der Waals surface area contributed by atoms with Gasteiger partial charge < -0.3 is 4.42 Å². The van der Waals surface area contributed by atoms with Crippen LogP contribution in [0.25, 0.3) is 0 Å². The van der Waals surface area contributed by atoms with Gasteiger partial charge in [0.05, 0.1) is 0 Å². The molecule has 1 atom stereocenters. The van der Waals surface area contributed by atoms with E-state index in [-0.39, 0.29) is 6.04 Å². The zero-order valence-electron chi connectivity index (χ0n) is 7.51. The third-order valence-electron chi connectivity index (χ3n) is 1.64. The molecule has 70 valence electrons. The quantitative estimate of drug-likeness (QED) is 0.821. The maximum Gasteiger partial charge on any atom is 0.169 e. The van der Waals surface area contributed by atoms with Crippen molar-refractivity contribution in [3.63, 3.8) is 0 Å². The Bertz CT molecular complexity index is 300. The first-order valence-electron chi connectivity index (χ1n) is 4.22. The highest BCUT2D eigenvalue weighted by molar-refractivity contribution is 9.10. The molecule has 0 spiro atoms. The predicted octanol–water partition coefficient (Wildman–Crippen LogP) is 2.72. The molecule has 0 saturated heterocycles. The first-order chi connectivity index (χ1) is 6.27. The first kappa shape index (κ1) is 10.4. The van der Waals surface area contributed by atoms with Gasteiger partial charge in [0.25, 0.3) is 0 Å². The second-order valence-electron chi connectivity index (χ2n) is 2.70. The molecular weight excluding hydrogens is 230 g/mol. The van der Waals surface area contributed by atoms with E-state index in [1.54, 1.807) is 0 Å². The maximum absolute atomic E-state index is 5.37. The number of nitrogens with one attached hydrogen (secondary N) is 1. The van der Waals surface area contributed by atoms with Gasteiger partial charge in [-0.15, -0.1) is 6.42 Å². The van der Waals surface area contributed by atoms with Gasteiger partial charge in [0.1, 0.15) is 11.8 Å². The molecule has 0 aromatic carbocycles. The van der Waals surface area contributed by atoms with E-state index in [0.717, 1.165) is 18.7 Å². The first-order valence-corrected chi connectivity index (χ1v) is 5.02. The highest BCUT2D eigenvalue weighted by atomic mass is 79.9. The number of terminal acetylenes is 1. The van der Waals surface area contributed by atoms with Gasteiger partial charge in [-0.25, -0.2) is 0 Å². The van der Waals surface area contributed by atoms with Crippen LogP contribution >= 0.6 is 15.9 Å². The van der Waals surface area contributed by atoms with Gasteiger partial charge in [0.15, 0.2) is 4.67 Å². The Labute approximate surface area is 86.8 Å². The zero-order valence-corrected chi connectivity index (χ0v) is 9.10. The molecule has 1 heterocycles. The molecular formula is C10H12BrNO. The van der Waals surface area contributed by atoms with Crippen LogP contribution < -0.4 is 5.32 Å². The molecule has 1 unspecified atom stereocenters. The van der Waals surface area contributed by atoms with Crippen molar-refractivity contribution >= 4 is 15.9 Å². The molecule has 1 aromatic heterocycles. The standard InChI is InChI=1S/C10H12BrNO/c1-3-7-12-8(4-2)9-5-6-10(11)13-9/h2,5-6,8,12H,3,7H2,1H3. The van der Waals surface area contributed by atoms with Crippen molar-refractivity contribution in [1.82, 2.24) is 5.32 Å². The fraction of sp³-hybridized carbons (Fsp3) is 0.400. The van der Waals surface area contributed by atoms with Crippen molar-refractivity contribution in [2.24, 2.45) is 0 Å². The third kappa shape index (κ3) is 2.91. The lowest BCUT2D eigenvalue weighted by molar-refractivity contribution is 0.444. The normalized spacial score (nSPS) is 12.4. The molecule has 1 N–H and O–H groups in total. The second-order valence-corrected chi connectivity index (χ2v) is 3.48.